The van der Waals surface area contributed by atoms with Gasteiger partial charge in [0.15, 0.2) is 73.4 Å². The Kier molecular flexibility index (Phi) is 30.7. The van der Waals surface area contributed by atoms with E-state index in [4.69, 9.17) is 118 Å². The van der Waals surface area contributed by atoms with Crippen LogP contribution in [0.2, 0.25) is 0 Å². The van der Waals surface area contributed by atoms with Crippen LogP contribution in [0.15, 0.2) is 0 Å². The Morgan fingerprint density at radius 3 is 0.808 bits per heavy atom. The minimum atomic E-state index is -3.23. The molecule has 0 aliphatic carbocycles. The van der Waals surface area contributed by atoms with Crippen LogP contribution in [0.25, 0.3) is 0 Å². The molecule has 0 aromatic rings. The van der Waals surface area contributed by atoms with Crippen LogP contribution in [-0.2, 0) is 195 Å². The molecule has 5 fully saturated rings. The third-order valence-electron chi connectivity index (χ3n) is 15.0. The standard InChI is InChI=1S/C62H84O42/c1-26(63)80-17-42-47(89-31(6)68)52(94-36(11)73)53(95-37(12)74)58(100-42)85-23-60(55(97-39(14)76)49(91-33(8)70)44(102-60)19-82-28(3)65)87-25-62(57(99-41(16)78)51(93-35(10)72)46(104-62)21-84-30(5)67)88-24-61(56(98-40(15)77)50(92-34(9)71)45(103-61)20-83-29(4)66)86-22-59(79)54(96-38(13)75)48(90-32(7)69)43(101-59)18-81-27(2)64/h42-58,79H,17-25H2,1-16H3/t42-,43+,44+,45-,46+,47-,48+,49+,50-,51+,52+,53-,54-,55-,56+,57-,58+,59-,60+,61+,62+/m1/s1. The highest BCUT2D eigenvalue weighted by molar-refractivity contribution is 5.72. The van der Waals surface area contributed by atoms with E-state index in [0.717, 1.165) is 111 Å². The molecule has 5 saturated heterocycles. The van der Waals surface area contributed by atoms with Gasteiger partial charge >= 0.3 is 95.5 Å². The molecule has 5 heterocycles. The van der Waals surface area contributed by atoms with E-state index in [0.29, 0.717) is 0 Å². The Balaban J connectivity index is 1.91. The number of carbonyl (C=O) groups excluding carboxylic acids is 16. The van der Waals surface area contributed by atoms with Crippen molar-refractivity contribution in [2.24, 2.45) is 0 Å². The molecule has 5 aliphatic rings. The predicted octanol–water partition coefficient (Wildman–Crippen LogP) is -2.79. The molecule has 0 aromatic heterocycles. The van der Waals surface area contributed by atoms with Gasteiger partial charge in [-0.15, -0.1) is 0 Å². The fraction of sp³-hybridized carbons (Fsp3) is 0.742. The third-order valence-corrected chi connectivity index (χ3v) is 15.0. The lowest BCUT2D eigenvalue weighted by Crippen LogP contribution is -2.64. The molecule has 0 radical (unpaired) electrons. The van der Waals surface area contributed by atoms with Crippen molar-refractivity contribution in [2.75, 3.05) is 59.5 Å². The minimum absolute atomic E-state index is 0.809. The van der Waals surface area contributed by atoms with Crippen molar-refractivity contribution in [3.05, 3.63) is 0 Å². The van der Waals surface area contributed by atoms with Gasteiger partial charge in [-0.3, -0.25) is 76.7 Å². The van der Waals surface area contributed by atoms with E-state index in [-0.39, 0.29) is 0 Å². The zero-order valence-electron chi connectivity index (χ0n) is 59.4. The first-order valence-corrected chi connectivity index (χ1v) is 31.6. The van der Waals surface area contributed by atoms with Crippen molar-refractivity contribution in [2.45, 2.75) is 238 Å². The van der Waals surface area contributed by atoms with E-state index in [1.165, 1.54) is 0 Å². The second-order valence-corrected chi connectivity index (χ2v) is 23.8. The number of hydrogen-bond donors (Lipinski definition) is 1. The Hall–Kier alpha value is -8.88. The average Bonchev–Trinajstić information content (AvgIpc) is 1.48. The molecule has 0 unspecified atom stereocenters. The smallest absolute Gasteiger partial charge is 0.303 e. The zero-order valence-corrected chi connectivity index (χ0v) is 59.4. The Morgan fingerprint density at radius 1 is 0.260 bits per heavy atom. The molecule has 21 atom stereocenters. The Labute approximate surface area is 591 Å². The second kappa shape index (κ2) is 37.2. The predicted molar refractivity (Wildman–Crippen MR) is 319 cm³/mol. The summed E-state index contributed by atoms with van der Waals surface area (Å²) in [5.41, 5.74) is 0. The average molecular weight is 1500 g/mol. The maximum atomic E-state index is 13.7. The summed E-state index contributed by atoms with van der Waals surface area (Å²) in [5.74, 6) is -30.4. The molecular weight excluding hydrogens is 1420 g/mol. The number of hydrogen-bond acceptors (Lipinski definition) is 42. The number of rotatable bonds is 33. The first kappa shape index (κ1) is 85.8. The van der Waals surface area contributed by atoms with Crippen LogP contribution in [-0.4, -0.2) is 287 Å². The first-order chi connectivity index (χ1) is 48.4. The summed E-state index contributed by atoms with van der Waals surface area (Å²) in [4.78, 5) is 207. The summed E-state index contributed by atoms with van der Waals surface area (Å²) >= 11 is 0. The molecule has 1 N–H and O–H groups in total. The van der Waals surface area contributed by atoms with Gasteiger partial charge in [-0.2, -0.15) is 0 Å². The van der Waals surface area contributed by atoms with E-state index >= 15 is 0 Å². The van der Waals surface area contributed by atoms with Crippen molar-refractivity contribution in [1.29, 1.82) is 0 Å². The van der Waals surface area contributed by atoms with Gasteiger partial charge in [0.2, 0.25) is 23.1 Å². The molecule has 42 heteroatoms. The topological polar surface area (TPSA) is 524 Å². The fourth-order valence-corrected chi connectivity index (χ4v) is 11.5. The van der Waals surface area contributed by atoms with Gasteiger partial charge in [0.25, 0.3) is 0 Å². The van der Waals surface area contributed by atoms with Crippen molar-refractivity contribution < 1.29 is 200 Å². The molecule has 0 bridgehead atoms. The van der Waals surface area contributed by atoms with Crippen LogP contribution in [0.5, 0.6) is 0 Å². The molecule has 0 spiro atoms. The maximum absolute atomic E-state index is 13.7. The first-order valence-electron chi connectivity index (χ1n) is 31.6. The molecule has 5 rings (SSSR count). The van der Waals surface area contributed by atoms with E-state index < -0.39 is 282 Å². The van der Waals surface area contributed by atoms with Gasteiger partial charge in [0.1, 0.15) is 90.0 Å². The molecule has 584 valence electrons. The number of esters is 16. The van der Waals surface area contributed by atoms with Crippen molar-refractivity contribution in [1.82, 2.24) is 0 Å². The Bertz CT molecular complexity index is 3190. The van der Waals surface area contributed by atoms with Crippen LogP contribution in [0.1, 0.15) is 111 Å². The molecule has 0 aromatic carbocycles. The molecule has 0 amide bonds. The Morgan fingerprint density at radius 2 is 0.500 bits per heavy atom. The lowest BCUT2D eigenvalue weighted by molar-refractivity contribution is -0.381. The summed E-state index contributed by atoms with van der Waals surface area (Å²) in [5, 5.41) is 12.7. The highest BCUT2D eigenvalue weighted by atomic mass is 16.8. The fourth-order valence-electron chi connectivity index (χ4n) is 11.5. The van der Waals surface area contributed by atoms with Gasteiger partial charge in [-0.25, -0.2) is 0 Å². The quantitative estimate of drug-likeness (QED) is 0.0513. The van der Waals surface area contributed by atoms with Gasteiger partial charge in [-0.05, 0) is 0 Å². The highest BCUT2D eigenvalue weighted by Crippen LogP contribution is 2.47. The molecule has 0 saturated carbocycles. The van der Waals surface area contributed by atoms with Crippen LogP contribution in [0, 0.1) is 0 Å². The normalized spacial score (nSPS) is 32.5. The van der Waals surface area contributed by atoms with Crippen LogP contribution in [0.3, 0.4) is 0 Å². The highest BCUT2D eigenvalue weighted by Gasteiger charge is 2.70. The summed E-state index contributed by atoms with van der Waals surface area (Å²) in [6, 6.07) is 0. The van der Waals surface area contributed by atoms with E-state index in [1.807, 2.05) is 0 Å². The van der Waals surface area contributed by atoms with Crippen LogP contribution >= 0.6 is 0 Å². The van der Waals surface area contributed by atoms with E-state index in [9.17, 15) is 81.8 Å². The van der Waals surface area contributed by atoms with Gasteiger partial charge in [-0.1, -0.05) is 0 Å². The van der Waals surface area contributed by atoms with E-state index in [1.54, 1.807) is 0 Å². The lowest BCUT2D eigenvalue weighted by Gasteiger charge is -2.45. The largest absolute Gasteiger partial charge is 0.463 e. The van der Waals surface area contributed by atoms with Crippen molar-refractivity contribution in [3.63, 3.8) is 0 Å². The van der Waals surface area contributed by atoms with Crippen LogP contribution in [0.4, 0.5) is 0 Å². The number of aliphatic hydroxyl groups is 1. The summed E-state index contributed by atoms with van der Waals surface area (Å²) in [7, 11) is 0. The van der Waals surface area contributed by atoms with Crippen molar-refractivity contribution in [3.8, 4) is 0 Å². The summed E-state index contributed by atoms with van der Waals surface area (Å²) in [6.07, 6.45) is -34.4. The van der Waals surface area contributed by atoms with Crippen molar-refractivity contribution >= 4 is 95.5 Å². The van der Waals surface area contributed by atoms with Crippen LogP contribution < -0.4 is 0 Å². The minimum Gasteiger partial charge on any atom is -0.463 e. The molecule has 5 aliphatic heterocycles. The molecule has 104 heavy (non-hydrogen) atoms. The van der Waals surface area contributed by atoms with E-state index in [2.05, 4.69) is 0 Å². The maximum Gasteiger partial charge on any atom is 0.303 e. The third kappa shape index (κ3) is 23.6. The number of carbonyl (C=O) groups is 16. The van der Waals surface area contributed by atoms with Gasteiger partial charge in [0, 0.05) is 111 Å². The van der Waals surface area contributed by atoms with Gasteiger partial charge < -0.3 is 124 Å². The lowest BCUT2D eigenvalue weighted by atomic mass is 9.98. The SMILES string of the molecule is CC(=O)OC[C@@H]1O[C@](CO[C@H]2O[C@H](COC(C)=O)[C@@H](OC(C)=O)[C@H](OC(C)=O)[C@H]2OC(C)=O)(OC[C@]2(OC[C@]3(OC[C@@]4(O)O[C@@H](COC(C)=O)[C@H](OC(C)=O)[C@H]4OC(C)=O)O[C@H](COC(C)=O)[C@@H](OC(C)=O)[C@@H]3OC(C)=O)O[C@@H](COC(C)=O)[C@H](OC(C)=O)[C@H]2OC(C)=O)[C@H](OC(C)=O)[C@H]1OC(C)=O. The second-order valence-electron chi connectivity index (χ2n) is 23.8. The number of ether oxygens (including phenoxy) is 25. The summed E-state index contributed by atoms with van der Waals surface area (Å²) < 4.78 is 146. The zero-order chi connectivity index (χ0) is 78.1. The monoisotopic (exact) mass is 1500 g/mol. The molecular formula is C62H84O42. The van der Waals surface area contributed by atoms with Gasteiger partial charge in [0.05, 0.1) is 0 Å². The summed E-state index contributed by atoms with van der Waals surface area (Å²) in [6.45, 7) is 3.79. The molecule has 42 nitrogen and oxygen atoms in total.